The van der Waals surface area contributed by atoms with E-state index in [-0.39, 0.29) is 12.2 Å². The Bertz CT molecular complexity index is 1320. The molecule has 0 aliphatic heterocycles. The summed E-state index contributed by atoms with van der Waals surface area (Å²) in [6.45, 7) is 5.21. The molecule has 0 aliphatic carbocycles. The van der Waals surface area contributed by atoms with Crippen LogP contribution >= 0.6 is 0 Å². The van der Waals surface area contributed by atoms with Crippen LogP contribution in [0.25, 0.3) is 0 Å². The van der Waals surface area contributed by atoms with E-state index in [0.29, 0.717) is 5.56 Å². The Balaban J connectivity index is 1.73. The Hall–Kier alpha value is -4.71. The van der Waals surface area contributed by atoms with Crippen LogP contribution in [-0.4, -0.2) is 29.4 Å². The second-order valence-corrected chi connectivity index (χ2v) is 10.5. The van der Waals surface area contributed by atoms with Gasteiger partial charge in [-0.3, -0.25) is 9.59 Å². The van der Waals surface area contributed by atoms with Gasteiger partial charge in [0.1, 0.15) is 17.2 Å². The lowest BCUT2D eigenvalue weighted by Crippen LogP contribution is -2.51. The van der Waals surface area contributed by atoms with Gasteiger partial charge in [-0.1, -0.05) is 121 Å². The molecule has 0 aliphatic rings. The number of alkyl carbamates (subject to hydrolysis) is 1. The predicted octanol–water partition coefficient (Wildman–Crippen LogP) is 6.26. The molecule has 0 saturated heterocycles. The van der Waals surface area contributed by atoms with Gasteiger partial charge in [0.05, 0.1) is 6.42 Å². The molecule has 2 N–H and O–H groups in total. The molecular weight excluding hydrogens is 500 g/mol. The molecule has 0 heterocycles. The zero-order chi connectivity index (χ0) is 28.6. The van der Waals surface area contributed by atoms with E-state index in [4.69, 9.17) is 4.74 Å². The third kappa shape index (κ3) is 6.83. The van der Waals surface area contributed by atoms with Crippen molar-refractivity contribution in [3.63, 3.8) is 0 Å². The largest absolute Gasteiger partial charge is 0.444 e. The SMILES string of the molecule is CC(C)(C)OC(=O)N[C@H](CC(=O)NC(c1ccccc1)(c1ccccc1)c1ccccc1)C(=O)c1ccccc1. The number of hydrogen-bond donors (Lipinski definition) is 2. The molecule has 0 fully saturated rings. The molecule has 6 heteroatoms. The van der Waals surface area contributed by atoms with Gasteiger partial charge in [0.15, 0.2) is 5.78 Å². The molecule has 4 rings (SSSR count). The number of Topliss-reactive ketones (excluding diaryl/α,β-unsaturated/α-hetero) is 1. The average Bonchev–Trinajstić information content (AvgIpc) is 2.96. The molecule has 2 amide bonds. The first-order valence-electron chi connectivity index (χ1n) is 13.3. The smallest absolute Gasteiger partial charge is 0.408 e. The number of amides is 2. The van der Waals surface area contributed by atoms with E-state index in [1.807, 2.05) is 91.0 Å². The molecule has 40 heavy (non-hydrogen) atoms. The highest BCUT2D eigenvalue weighted by atomic mass is 16.6. The van der Waals surface area contributed by atoms with Crippen molar-refractivity contribution in [2.75, 3.05) is 0 Å². The second-order valence-electron chi connectivity index (χ2n) is 10.5. The minimum atomic E-state index is -1.14. The number of ketones is 1. The van der Waals surface area contributed by atoms with Gasteiger partial charge >= 0.3 is 6.09 Å². The quantitative estimate of drug-likeness (QED) is 0.196. The minimum Gasteiger partial charge on any atom is -0.444 e. The highest BCUT2D eigenvalue weighted by molar-refractivity contribution is 6.03. The zero-order valence-corrected chi connectivity index (χ0v) is 23.0. The lowest BCUT2D eigenvalue weighted by atomic mass is 9.77. The summed E-state index contributed by atoms with van der Waals surface area (Å²) in [4.78, 5) is 40.2. The molecular formula is C34H34N2O4. The third-order valence-corrected chi connectivity index (χ3v) is 6.40. The first-order valence-corrected chi connectivity index (χ1v) is 13.3. The molecule has 0 bridgehead atoms. The molecule has 0 saturated carbocycles. The maximum absolute atomic E-state index is 13.9. The molecule has 0 aromatic heterocycles. The molecule has 4 aromatic carbocycles. The van der Waals surface area contributed by atoms with Gasteiger partial charge in [-0.25, -0.2) is 4.79 Å². The Morgan fingerprint density at radius 2 is 1.05 bits per heavy atom. The number of carbonyl (C=O) groups is 3. The standard InChI is InChI=1S/C34H34N2O4/c1-33(2,3)40-32(39)35-29(31(38)25-16-8-4-9-17-25)24-30(37)36-34(26-18-10-5-11-19-26,27-20-12-6-13-21-27)28-22-14-7-15-23-28/h4-23,29H,24H2,1-3H3,(H,35,39)(H,36,37)/t29-/m1/s1. The first-order chi connectivity index (χ1) is 19.2. The van der Waals surface area contributed by atoms with Crippen LogP contribution in [0.15, 0.2) is 121 Å². The van der Waals surface area contributed by atoms with Gasteiger partial charge < -0.3 is 15.4 Å². The predicted molar refractivity (Wildman–Crippen MR) is 156 cm³/mol. The van der Waals surface area contributed by atoms with E-state index in [1.165, 1.54) is 0 Å². The van der Waals surface area contributed by atoms with Crippen LogP contribution in [0, 0.1) is 0 Å². The number of nitrogens with one attached hydrogen (secondary N) is 2. The summed E-state index contributed by atoms with van der Waals surface area (Å²) in [6, 6.07) is 36.6. The van der Waals surface area contributed by atoms with Crippen molar-refractivity contribution in [2.45, 2.75) is 44.4 Å². The summed E-state index contributed by atoms with van der Waals surface area (Å²) in [6.07, 6.45) is -1.06. The summed E-state index contributed by atoms with van der Waals surface area (Å²) < 4.78 is 5.41. The summed E-state index contributed by atoms with van der Waals surface area (Å²) in [5.74, 6) is -0.798. The van der Waals surface area contributed by atoms with E-state index < -0.39 is 29.2 Å². The van der Waals surface area contributed by atoms with Crippen LogP contribution in [0.1, 0.15) is 54.2 Å². The number of benzene rings is 4. The molecule has 4 aromatic rings. The molecule has 0 unspecified atom stereocenters. The number of carbonyl (C=O) groups excluding carboxylic acids is 3. The van der Waals surface area contributed by atoms with Crippen LogP contribution in [0.4, 0.5) is 4.79 Å². The van der Waals surface area contributed by atoms with Crippen LogP contribution < -0.4 is 10.6 Å². The van der Waals surface area contributed by atoms with Crippen LogP contribution in [0.2, 0.25) is 0 Å². The van der Waals surface area contributed by atoms with Crippen molar-refractivity contribution in [3.05, 3.63) is 144 Å². The Kier molecular flexibility index (Phi) is 8.80. The van der Waals surface area contributed by atoms with Crippen molar-refractivity contribution in [2.24, 2.45) is 0 Å². The summed E-state index contributed by atoms with van der Waals surface area (Å²) in [7, 11) is 0. The van der Waals surface area contributed by atoms with Crippen molar-refractivity contribution >= 4 is 17.8 Å². The third-order valence-electron chi connectivity index (χ3n) is 6.40. The Labute approximate surface area is 235 Å². The molecule has 0 radical (unpaired) electrons. The summed E-state index contributed by atoms with van der Waals surface area (Å²) in [5, 5.41) is 5.89. The summed E-state index contributed by atoms with van der Waals surface area (Å²) in [5.41, 5.74) is 1.13. The van der Waals surface area contributed by atoms with E-state index >= 15 is 0 Å². The number of hydrogen-bond acceptors (Lipinski definition) is 4. The zero-order valence-electron chi connectivity index (χ0n) is 23.0. The highest BCUT2D eigenvalue weighted by Gasteiger charge is 2.39. The normalized spacial score (nSPS) is 12.2. The molecule has 0 spiro atoms. The average molecular weight is 535 g/mol. The van der Waals surface area contributed by atoms with Crippen molar-refractivity contribution in [3.8, 4) is 0 Å². The van der Waals surface area contributed by atoms with Crippen LogP contribution in [0.5, 0.6) is 0 Å². The van der Waals surface area contributed by atoms with E-state index in [9.17, 15) is 14.4 Å². The van der Waals surface area contributed by atoms with Crippen LogP contribution in [-0.2, 0) is 15.1 Å². The lowest BCUT2D eigenvalue weighted by Gasteiger charge is -2.37. The van der Waals surface area contributed by atoms with E-state index in [1.54, 1.807) is 51.1 Å². The van der Waals surface area contributed by atoms with Crippen molar-refractivity contribution in [1.29, 1.82) is 0 Å². The Morgan fingerprint density at radius 3 is 1.45 bits per heavy atom. The highest BCUT2D eigenvalue weighted by Crippen LogP contribution is 2.37. The second kappa shape index (κ2) is 12.4. The maximum atomic E-state index is 13.9. The van der Waals surface area contributed by atoms with E-state index in [0.717, 1.165) is 16.7 Å². The number of ether oxygens (including phenoxy) is 1. The van der Waals surface area contributed by atoms with E-state index in [2.05, 4.69) is 10.6 Å². The summed E-state index contributed by atoms with van der Waals surface area (Å²) >= 11 is 0. The lowest BCUT2D eigenvalue weighted by molar-refractivity contribution is -0.122. The maximum Gasteiger partial charge on any atom is 0.408 e. The fraction of sp³-hybridized carbons (Fsp3) is 0.206. The van der Waals surface area contributed by atoms with Gasteiger partial charge in [0.25, 0.3) is 0 Å². The van der Waals surface area contributed by atoms with Gasteiger partial charge in [-0.15, -0.1) is 0 Å². The monoisotopic (exact) mass is 534 g/mol. The van der Waals surface area contributed by atoms with Gasteiger partial charge in [-0.2, -0.15) is 0 Å². The molecule has 1 atom stereocenters. The van der Waals surface area contributed by atoms with Gasteiger partial charge in [-0.05, 0) is 37.5 Å². The fourth-order valence-electron chi connectivity index (χ4n) is 4.69. The van der Waals surface area contributed by atoms with Crippen molar-refractivity contribution in [1.82, 2.24) is 10.6 Å². The van der Waals surface area contributed by atoms with Crippen molar-refractivity contribution < 1.29 is 19.1 Å². The first kappa shape index (κ1) is 28.3. The molecule has 6 nitrogen and oxygen atoms in total. The minimum absolute atomic E-state index is 0.290. The fourth-order valence-corrected chi connectivity index (χ4v) is 4.69. The number of rotatable bonds is 9. The topological polar surface area (TPSA) is 84.5 Å². The Morgan fingerprint density at radius 1 is 0.650 bits per heavy atom. The van der Waals surface area contributed by atoms with Crippen LogP contribution in [0.3, 0.4) is 0 Å². The molecule has 204 valence electrons. The van der Waals surface area contributed by atoms with Gasteiger partial charge in [0, 0.05) is 5.56 Å². The van der Waals surface area contributed by atoms with Gasteiger partial charge in [0.2, 0.25) is 5.91 Å².